The summed E-state index contributed by atoms with van der Waals surface area (Å²) in [6.45, 7) is 9.86. The van der Waals surface area contributed by atoms with Gasteiger partial charge in [-0.3, -0.25) is 9.59 Å². The van der Waals surface area contributed by atoms with Crippen molar-refractivity contribution >= 4 is 11.8 Å². The smallest absolute Gasteiger partial charge is 0.273 e. The molecule has 0 radical (unpaired) electrons. The standard InChI is InChI=1S/C29H43N3O3/c1-9-17-31(7)28(33)26-20-25(21-27(30-26)29(34)32(8)18-10-2)35-19-11-12-24(15-13-22(3)4)16-14-23(5)6/h1-2,20-24H,11-19H2,3-8H3. The summed E-state index contributed by atoms with van der Waals surface area (Å²) in [7, 11) is 3.19. The summed E-state index contributed by atoms with van der Waals surface area (Å²) < 4.78 is 6.01. The van der Waals surface area contributed by atoms with E-state index in [4.69, 9.17) is 17.6 Å². The lowest BCUT2D eigenvalue weighted by Crippen LogP contribution is -2.30. The number of carbonyl (C=O) groups excluding carboxylic acids is 2. The molecule has 0 aliphatic heterocycles. The summed E-state index contributed by atoms with van der Waals surface area (Å²) in [4.78, 5) is 32.6. The Balaban J connectivity index is 2.94. The Morgan fingerprint density at radius 3 is 1.71 bits per heavy atom. The maximum absolute atomic E-state index is 12.8. The number of amides is 2. The monoisotopic (exact) mass is 481 g/mol. The molecule has 1 rings (SSSR count). The van der Waals surface area contributed by atoms with Gasteiger partial charge in [0.15, 0.2) is 0 Å². The molecule has 0 saturated carbocycles. The molecule has 1 aromatic rings. The Hall–Kier alpha value is -2.99. The summed E-state index contributed by atoms with van der Waals surface area (Å²) in [6.07, 6.45) is 17.6. The van der Waals surface area contributed by atoms with E-state index < -0.39 is 0 Å². The van der Waals surface area contributed by atoms with Crippen molar-refractivity contribution in [2.24, 2.45) is 17.8 Å². The number of rotatable bonds is 15. The highest BCUT2D eigenvalue weighted by Crippen LogP contribution is 2.25. The van der Waals surface area contributed by atoms with Crippen LogP contribution in [0.5, 0.6) is 5.75 Å². The molecule has 0 aliphatic carbocycles. The normalized spacial score (nSPS) is 10.8. The zero-order valence-corrected chi connectivity index (χ0v) is 22.5. The van der Waals surface area contributed by atoms with Gasteiger partial charge in [0.1, 0.15) is 17.1 Å². The quantitative estimate of drug-likeness (QED) is 0.257. The number of hydrogen-bond donors (Lipinski definition) is 0. The van der Waals surface area contributed by atoms with Gasteiger partial charge < -0.3 is 14.5 Å². The second-order valence-electron chi connectivity index (χ2n) is 10.1. The van der Waals surface area contributed by atoms with E-state index in [1.54, 1.807) is 26.2 Å². The molecule has 192 valence electrons. The molecule has 1 aromatic heterocycles. The van der Waals surface area contributed by atoms with E-state index in [1.807, 2.05) is 0 Å². The number of ether oxygens (including phenoxy) is 1. The van der Waals surface area contributed by atoms with Crippen molar-refractivity contribution in [1.82, 2.24) is 14.8 Å². The molecule has 0 fully saturated rings. The maximum atomic E-state index is 12.8. The molecule has 35 heavy (non-hydrogen) atoms. The summed E-state index contributed by atoms with van der Waals surface area (Å²) in [5.74, 6) is 6.68. The molecular formula is C29H43N3O3. The zero-order chi connectivity index (χ0) is 26.4. The van der Waals surface area contributed by atoms with Crippen molar-refractivity contribution < 1.29 is 14.3 Å². The van der Waals surface area contributed by atoms with Gasteiger partial charge in [0, 0.05) is 26.2 Å². The van der Waals surface area contributed by atoms with Crippen LogP contribution >= 0.6 is 0 Å². The van der Waals surface area contributed by atoms with E-state index in [1.165, 1.54) is 35.5 Å². The highest BCUT2D eigenvalue weighted by atomic mass is 16.5. The maximum Gasteiger partial charge on any atom is 0.273 e. The van der Waals surface area contributed by atoms with Gasteiger partial charge >= 0.3 is 0 Å². The second kappa shape index (κ2) is 15.8. The number of carbonyl (C=O) groups is 2. The van der Waals surface area contributed by atoms with Crippen LogP contribution in [-0.4, -0.2) is 60.4 Å². The fraction of sp³-hybridized carbons (Fsp3) is 0.621. The van der Waals surface area contributed by atoms with E-state index in [2.05, 4.69) is 44.5 Å². The number of pyridine rings is 1. The van der Waals surface area contributed by atoms with Crippen LogP contribution in [0.1, 0.15) is 87.2 Å². The van der Waals surface area contributed by atoms with Crippen LogP contribution in [0, 0.1) is 42.4 Å². The number of aromatic nitrogens is 1. The Kier molecular flexibility index (Phi) is 13.6. The lowest BCUT2D eigenvalue weighted by molar-refractivity contribution is 0.0798. The topological polar surface area (TPSA) is 62.7 Å². The summed E-state index contributed by atoms with van der Waals surface area (Å²) in [5, 5.41) is 0. The van der Waals surface area contributed by atoms with Gasteiger partial charge in [0.25, 0.3) is 11.8 Å². The van der Waals surface area contributed by atoms with Gasteiger partial charge in [-0.05, 0) is 30.6 Å². The predicted molar refractivity (Wildman–Crippen MR) is 142 cm³/mol. The number of nitrogens with zero attached hydrogens (tertiary/aromatic N) is 3. The average molecular weight is 482 g/mol. The summed E-state index contributed by atoms with van der Waals surface area (Å²) in [5.41, 5.74) is 0.230. The van der Waals surface area contributed by atoms with Crippen LogP contribution in [0.25, 0.3) is 0 Å². The van der Waals surface area contributed by atoms with Gasteiger partial charge in [-0.15, -0.1) is 12.8 Å². The van der Waals surface area contributed by atoms with Crippen LogP contribution in [0.2, 0.25) is 0 Å². The Morgan fingerprint density at radius 1 is 0.857 bits per heavy atom. The molecule has 0 saturated heterocycles. The summed E-state index contributed by atoms with van der Waals surface area (Å²) in [6, 6.07) is 3.14. The summed E-state index contributed by atoms with van der Waals surface area (Å²) >= 11 is 0. The Labute approximate surface area is 212 Å². The largest absolute Gasteiger partial charge is 0.493 e. The first-order valence-corrected chi connectivity index (χ1v) is 12.6. The van der Waals surface area contributed by atoms with Gasteiger partial charge in [0.05, 0.1) is 19.7 Å². The fourth-order valence-corrected chi connectivity index (χ4v) is 3.75. The molecule has 0 unspecified atom stereocenters. The van der Waals surface area contributed by atoms with E-state index in [0.717, 1.165) is 12.8 Å². The fourth-order valence-electron chi connectivity index (χ4n) is 3.75. The first-order chi connectivity index (χ1) is 16.6. The molecule has 0 aromatic carbocycles. The molecule has 0 bridgehead atoms. The van der Waals surface area contributed by atoms with Crippen LogP contribution in [0.3, 0.4) is 0 Å². The molecule has 0 N–H and O–H groups in total. The first-order valence-electron chi connectivity index (χ1n) is 12.6. The van der Waals surface area contributed by atoms with Crippen LogP contribution in [-0.2, 0) is 0 Å². The molecule has 2 amide bonds. The molecule has 0 spiro atoms. The van der Waals surface area contributed by atoms with Crippen molar-refractivity contribution in [1.29, 1.82) is 0 Å². The van der Waals surface area contributed by atoms with Gasteiger partial charge in [-0.25, -0.2) is 4.98 Å². The average Bonchev–Trinajstić information content (AvgIpc) is 2.81. The van der Waals surface area contributed by atoms with Crippen LogP contribution in [0.4, 0.5) is 0 Å². The number of terminal acetylenes is 2. The van der Waals surface area contributed by atoms with Gasteiger partial charge in [-0.1, -0.05) is 65.2 Å². The predicted octanol–water partition coefficient (Wildman–Crippen LogP) is 5.14. The van der Waals surface area contributed by atoms with E-state index in [-0.39, 0.29) is 36.3 Å². The highest BCUT2D eigenvalue weighted by Gasteiger charge is 2.20. The minimum Gasteiger partial charge on any atom is -0.493 e. The van der Waals surface area contributed by atoms with E-state index >= 15 is 0 Å². The SMILES string of the molecule is C#CCN(C)C(=O)c1cc(OCCCC(CCC(C)C)CCC(C)C)cc(C(=O)N(C)CC#C)n1. The van der Waals surface area contributed by atoms with Crippen molar-refractivity contribution in [3.63, 3.8) is 0 Å². The van der Waals surface area contributed by atoms with Crippen LogP contribution < -0.4 is 4.74 Å². The van der Waals surface area contributed by atoms with Crippen molar-refractivity contribution in [3.8, 4) is 30.4 Å². The third-order valence-corrected chi connectivity index (χ3v) is 5.92. The minimum absolute atomic E-state index is 0.115. The lowest BCUT2D eigenvalue weighted by Gasteiger charge is -2.20. The van der Waals surface area contributed by atoms with E-state index in [0.29, 0.717) is 30.1 Å². The van der Waals surface area contributed by atoms with Crippen molar-refractivity contribution in [2.75, 3.05) is 33.8 Å². The molecule has 0 atom stereocenters. The Morgan fingerprint density at radius 2 is 1.31 bits per heavy atom. The van der Waals surface area contributed by atoms with Crippen molar-refractivity contribution in [2.45, 2.75) is 66.2 Å². The second-order valence-corrected chi connectivity index (χ2v) is 10.1. The Bertz CT molecular complexity index is 831. The van der Waals surface area contributed by atoms with Crippen LogP contribution in [0.15, 0.2) is 12.1 Å². The third kappa shape index (κ3) is 11.3. The van der Waals surface area contributed by atoms with Crippen molar-refractivity contribution in [3.05, 3.63) is 23.5 Å². The lowest BCUT2D eigenvalue weighted by atomic mass is 9.88. The molecular weight excluding hydrogens is 438 g/mol. The molecule has 6 nitrogen and oxygen atoms in total. The van der Waals surface area contributed by atoms with Gasteiger partial charge in [0.2, 0.25) is 0 Å². The molecule has 0 aliphatic rings. The first kappa shape index (κ1) is 30.0. The zero-order valence-electron chi connectivity index (χ0n) is 22.5. The highest BCUT2D eigenvalue weighted by molar-refractivity contribution is 5.97. The third-order valence-electron chi connectivity index (χ3n) is 5.92. The number of hydrogen-bond acceptors (Lipinski definition) is 4. The molecule has 1 heterocycles. The minimum atomic E-state index is -0.371. The molecule has 6 heteroatoms. The van der Waals surface area contributed by atoms with E-state index in [9.17, 15) is 9.59 Å². The van der Waals surface area contributed by atoms with Gasteiger partial charge in [-0.2, -0.15) is 0 Å².